The lowest BCUT2D eigenvalue weighted by atomic mass is 9.74. The maximum Gasteiger partial charge on any atom is 0.0440 e. The van der Waals surface area contributed by atoms with Crippen molar-refractivity contribution in [1.29, 1.82) is 0 Å². The van der Waals surface area contributed by atoms with Gasteiger partial charge >= 0.3 is 0 Å². The highest BCUT2D eigenvalue weighted by Crippen LogP contribution is 2.39. The van der Waals surface area contributed by atoms with Crippen LogP contribution in [0.2, 0.25) is 5.02 Å². The minimum absolute atomic E-state index is 0.653. The summed E-state index contributed by atoms with van der Waals surface area (Å²) in [6, 6.07) is 6.46. The van der Waals surface area contributed by atoms with E-state index in [4.69, 9.17) is 11.6 Å². The third-order valence-electron chi connectivity index (χ3n) is 4.56. The van der Waals surface area contributed by atoms with Gasteiger partial charge in [0.1, 0.15) is 0 Å². The average Bonchev–Trinajstić information content (AvgIpc) is 2.34. The fraction of sp³-hybridized carbons (Fsp3) is 0.647. The number of hydrogen-bond donors (Lipinski definition) is 0. The van der Waals surface area contributed by atoms with Crippen molar-refractivity contribution in [3.8, 4) is 0 Å². The summed E-state index contributed by atoms with van der Waals surface area (Å²) in [5.41, 5.74) is 2.55. The Morgan fingerprint density at radius 1 is 1.32 bits per heavy atom. The Labute approximate surface area is 131 Å². The molecule has 2 heteroatoms. The van der Waals surface area contributed by atoms with E-state index in [1.165, 1.54) is 30.4 Å². The highest BCUT2D eigenvalue weighted by molar-refractivity contribution is 9.09. The first-order valence-electron chi connectivity index (χ1n) is 7.36. The molecular formula is C17H24BrCl. The van der Waals surface area contributed by atoms with E-state index >= 15 is 0 Å². The molecule has 0 nitrogen and oxygen atoms in total. The molecule has 0 radical (unpaired) electrons. The number of aryl methyl sites for hydroxylation is 1. The Balaban J connectivity index is 2.07. The molecule has 0 bridgehead atoms. The predicted molar refractivity (Wildman–Crippen MR) is 88.3 cm³/mol. The molecule has 3 unspecified atom stereocenters. The minimum atomic E-state index is 0.653. The maximum absolute atomic E-state index is 6.38. The van der Waals surface area contributed by atoms with Crippen LogP contribution in [0, 0.1) is 24.7 Å². The number of rotatable bonds is 3. The fourth-order valence-electron chi connectivity index (χ4n) is 3.18. The van der Waals surface area contributed by atoms with Crippen LogP contribution < -0.4 is 0 Å². The second-order valence-electron chi connectivity index (χ2n) is 6.39. The van der Waals surface area contributed by atoms with Gasteiger partial charge in [-0.3, -0.25) is 0 Å². The van der Waals surface area contributed by atoms with Crippen LogP contribution in [0.5, 0.6) is 0 Å². The third kappa shape index (κ3) is 3.98. The van der Waals surface area contributed by atoms with Crippen molar-refractivity contribution in [1.82, 2.24) is 0 Å². The molecule has 1 saturated carbocycles. The van der Waals surface area contributed by atoms with Crippen LogP contribution >= 0.6 is 27.5 Å². The first-order chi connectivity index (χ1) is 8.97. The van der Waals surface area contributed by atoms with E-state index < -0.39 is 0 Å². The number of alkyl halides is 1. The molecule has 1 aliphatic rings. The highest BCUT2D eigenvalue weighted by Gasteiger charge is 2.30. The fourth-order valence-corrected chi connectivity index (χ4v) is 4.16. The number of benzene rings is 1. The van der Waals surface area contributed by atoms with E-state index in [2.05, 4.69) is 54.9 Å². The average molecular weight is 344 g/mol. The van der Waals surface area contributed by atoms with Gasteiger partial charge in [0.05, 0.1) is 0 Å². The van der Waals surface area contributed by atoms with Gasteiger partial charge in [-0.2, -0.15) is 0 Å². The van der Waals surface area contributed by atoms with E-state index in [9.17, 15) is 0 Å². The molecule has 0 aliphatic heterocycles. The first-order valence-corrected chi connectivity index (χ1v) is 8.66. The van der Waals surface area contributed by atoms with E-state index in [-0.39, 0.29) is 0 Å². The lowest BCUT2D eigenvalue weighted by Gasteiger charge is -2.35. The molecule has 0 heterocycles. The lowest BCUT2D eigenvalue weighted by molar-refractivity contribution is 0.223. The van der Waals surface area contributed by atoms with Crippen LogP contribution in [-0.2, 0) is 6.42 Å². The Morgan fingerprint density at radius 3 is 2.68 bits per heavy atom. The van der Waals surface area contributed by atoms with Gasteiger partial charge in [0.15, 0.2) is 0 Å². The van der Waals surface area contributed by atoms with Gasteiger partial charge in [0, 0.05) is 9.85 Å². The topological polar surface area (TPSA) is 0 Å². The molecule has 106 valence electrons. The molecule has 1 fully saturated rings. The Kier molecular flexibility index (Phi) is 5.37. The third-order valence-corrected chi connectivity index (χ3v) is 6.12. The van der Waals surface area contributed by atoms with E-state index in [1.54, 1.807) is 0 Å². The van der Waals surface area contributed by atoms with Crippen molar-refractivity contribution in [3.05, 3.63) is 34.3 Å². The molecule has 1 aliphatic carbocycles. The van der Waals surface area contributed by atoms with E-state index in [0.29, 0.717) is 4.83 Å². The first kappa shape index (κ1) is 15.4. The zero-order chi connectivity index (χ0) is 14.0. The monoisotopic (exact) mass is 342 g/mol. The van der Waals surface area contributed by atoms with Gasteiger partial charge in [0.25, 0.3) is 0 Å². The summed E-state index contributed by atoms with van der Waals surface area (Å²) < 4.78 is 0. The second kappa shape index (κ2) is 6.63. The zero-order valence-electron chi connectivity index (χ0n) is 12.1. The summed E-state index contributed by atoms with van der Waals surface area (Å²) in [5.74, 6) is 2.40. The smallest absolute Gasteiger partial charge is 0.0440 e. The molecule has 0 saturated heterocycles. The number of halogens is 2. The van der Waals surface area contributed by atoms with Crippen LogP contribution in [0.3, 0.4) is 0 Å². The lowest BCUT2D eigenvalue weighted by Crippen LogP contribution is -2.29. The zero-order valence-corrected chi connectivity index (χ0v) is 14.5. The van der Waals surface area contributed by atoms with Crippen LogP contribution in [0.1, 0.15) is 44.2 Å². The predicted octanol–water partition coefficient (Wildman–Crippen LogP) is 6.03. The summed E-state index contributed by atoms with van der Waals surface area (Å²) in [7, 11) is 0. The van der Waals surface area contributed by atoms with Crippen molar-refractivity contribution in [2.45, 2.75) is 51.3 Å². The SMILES string of the molecule is Cc1ccc(CC2CC(C(C)C)CCC2Br)c(Cl)c1. The summed E-state index contributed by atoms with van der Waals surface area (Å²) >= 11 is 10.3. The van der Waals surface area contributed by atoms with Gasteiger partial charge in [-0.1, -0.05) is 53.5 Å². The Bertz CT molecular complexity index is 427. The maximum atomic E-state index is 6.38. The minimum Gasteiger partial charge on any atom is -0.0888 e. The molecule has 3 atom stereocenters. The number of hydrogen-bond acceptors (Lipinski definition) is 0. The standard InChI is InChI=1S/C17H24BrCl/c1-11(2)13-6-7-16(18)15(9-13)10-14-5-4-12(3)8-17(14)19/h4-5,8,11,13,15-16H,6-7,9-10H2,1-3H3. The summed E-state index contributed by atoms with van der Waals surface area (Å²) in [6.45, 7) is 6.81. The van der Waals surface area contributed by atoms with Gasteiger partial charge < -0.3 is 0 Å². The van der Waals surface area contributed by atoms with Gasteiger partial charge in [-0.15, -0.1) is 0 Å². The molecule has 0 aromatic heterocycles. The van der Waals surface area contributed by atoms with Gasteiger partial charge in [0.2, 0.25) is 0 Å². The normalized spacial score (nSPS) is 27.8. The molecule has 0 amide bonds. The Morgan fingerprint density at radius 2 is 2.05 bits per heavy atom. The van der Waals surface area contributed by atoms with Crippen molar-refractivity contribution >= 4 is 27.5 Å². The van der Waals surface area contributed by atoms with Crippen LogP contribution in [0.25, 0.3) is 0 Å². The van der Waals surface area contributed by atoms with Crippen LogP contribution in [-0.4, -0.2) is 4.83 Å². The molecule has 1 aromatic carbocycles. The van der Waals surface area contributed by atoms with Crippen LogP contribution in [0.4, 0.5) is 0 Å². The van der Waals surface area contributed by atoms with Crippen molar-refractivity contribution in [3.63, 3.8) is 0 Å². The quantitative estimate of drug-likeness (QED) is 0.588. The summed E-state index contributed by atoms with van der Waals surface area (Å²) in [5, 5.41) is 0.936. The van der Waals surface area contributed by atoms with Crippen molar-refractivity contribution in [2.75, 3.05) is 0 Å². The van der Waals surface area contributed by atoms with Crippen LogP contribution in [0.15, 0.2) is 18.2 Å². The molecule has 0 N–H and O–H groups in total. The van der Waals surface area contributed by atoms with E-state index in [0.717, 1.165) is 29.2 Å². The molecule has 19 heavy (non-hydrogen) atoms. The van der Waals surface area contributed by atoms with Gasteiger partial charge in [-0.25, -0.2) is 0 Å². The Hall–Kier alpha value is -0.0100. The largest absolute Gasteiger partial charge is 0.0888 e. The van der Waals surface area contributed by atoms with Crippen molar-refractivity contribution in [2.24, 2.45) is 17.8 Å². The van der Waals surface area contributed by atoms with E-state index in [1.807, 2.05) is 0 Å². The second-order valence-corrected chi connectivity index (χ2v) is 7.98. The van der Waals surface area contributed by atoms with Crippen molar-refractivity contribution < 1.29 is 0 Å². The summed E-state index contributed by atoms with van der Waals surface area (Å²) in [4.78, 5) is 0.653. The molecule has 1 aromatic rings. The molecule has 2 rings (SSSR count). The molecule has 0 spiro atoms. The molecular weight excluding hydrogens is 320 g/mol. The van der Waals surface area contributed by atoms with Gasteiger partial charge in [-0.05, 0) is 67.6 Å². The highest BCUT2D eigenvalue weighted by atomic mass is 79.9. The summed E-state index contributed by atoms with van der Waals surface area (Å²) in [6.07, 6.45) is 5.11.